The van der Waals surface area contributed by atoms with Gasteiger partial charge in [0.1, 0.15) is 23.0 Å². The van der Waals surface area contributed by atoms with Gasteiger partial charge in [-0.05, 0) is 48.5 Å². The predicted molar refractivity (Wildman–Crippen MR) is 103 cm³/mol. The first-order valence-electron chi connectivity index (χ1n) is 8.51. The Labute approximate surface area is 179 Å². The first kappa shape index (κ1) is 23.5. The molecule has 0 saturated heterocycles. The Morgan fingerprint density at radius 1 is 0.656 bits per heavy atom. The van der Waals surface area contributed by atoms with Crippen LogP contribution in [0.15, 0.2) is 48.5 Å². The monoisotopic (exact) mass is 479 g/mol. The first-order chi connectivity index (χ1) is 14.8. The summed E-state index contributed by atoms with van der Waals surface area (Å²) in [5, 5.41) is 0.166. The summed E-state index contributed by atoms with van der Waals surface area (Å²) in [6.45, 7) is 0. The van der Waals surface area contributed by atoms with Crippen molar-refractivity contribution in [2.45, 2.75) is 12.4 Å². The summed E-state index contributed by atoms with van der Waals surface area (Å²) in [5.41, 5.74) is 3.15. The van der Waals surface area contributed by atoms with Crippen molar-refractivity contribution in [2.24, 2.45) is 0 Å². The molecule has 0 aliphatic carbocycles. The number of rotatable bonds is 0. The van der Waals surface area contributed by atoms with Crippen LogP contribution in [0.4, 0.5) is 40.8 Å². The average Bonchev–Trinajstić information content (AvgIpc) is 2.68. The van der Waals surface area contributed by atoms with Crippen molar-refractivity contribution in [1.29, 1.82) is 0 Å². The fraction of sp³-hybridized carbons (Fsp3) is 0.100. The largest absolute Gasteiger partial charge is 0.433 e. The molecule has 2 N–H and O–H groups in total. The highest BCUT2D eigenvalue weighted by Crippen LogP contribution is 2.33. The predicted octanol–water partition coefficient (Wildman–Crippen LogP) is 7.02. The van der Waals surface area contributed by atoms with E-state index in [1.807, 2.05) is 0 Å². The normalized spacial score (nSPS) is 12.0. The molecule has 0 bridgehead atoms. The highest BCUT2D eigenvalue weighted by molar-refractivity contribution is 6.35. The van der Waals surface area contributed by atoms with Crippen LogP contribution in [-0.2, 0) is 12.4 Å². The summed E-state index contributed by atoms with van der Waals surface area (Å²) in [6.07, 6.45) is -9.12. The van der Waals surface area contributed by atoms with Crippen LogP contribution in [-0.4, -0.2) is 9.97 Å². The van der Waals surface area contributed by atoms with Gasteiger partial charge >= 0.3 is 12.4 Å². The molecule has 3 nitrogen and oxygen atoms in total. The number of hydrogen-bond donors (Lipinski definition) is 1. The number of anilines is 1. The van der Waals surface area contributed by atoms with Crippen LogP contribution in [0.5, 0.6) is 0 Å². The second kappa shape index (κ2) is 8.38. The lowest BCUT2D eigenvalue weighted by Crippen LogP contribution is -2.09. The van der Waals surface area contributed by atoms with E-state index in [1.165, 1.54) is 0 Å². The molecule has 0 amide bonds. The molecule has 0 saturated carbocycles. The number of nitrogens with zero attached hydrogens (tertiary/aromatic N) is 2. The second-order valence-corrected chi connectivity index (χ2v) is 6.81. The number of hydrogen-bond acceptors (Lipinski definition) is 3. The number of nitrogens with two attached hydrogens (primary N) is 1. The molecular formula is C20H10ClF8N3. The van der Waals surface area contributed by atoms with E-state index in [2.05, 4.69) is 9.97 Å². The Morgan fingerprint density at radius 2 is 1.09 bits per heavy atom. The van der Waals surface area contributed by atoms with Gasteiger partial charge in [-0.25, -0.2) is 18.7 Å². The molecule has 0 aliphatic rings. The van der Waals surface area contributed by atoms with Gasteiger partial charge in [0, 0.05) is 16.5 Å². The van der Waals surface area contributed by atoms with Crippen molar-refractivity contribution in [3.05, 3.63) is 76.6 Å². The molecule has 12 heteroatoms. The van der Waals surface area contributed by atoms with E-state index in [0.29, 0.717) is 12.1 Å². The van der Waals surface area contributed by atoms with Gasteiger partial charge in [-0.1, -0.05) is 11.6 Å². The fourth-order valence-electron chi connectivity index (χ4n) is 2.67. The number of alkyl halides is 6. The van der Waals surface area contributed by atoms with Gasteiger partial charge in [-0.3, -0.25) is 0 Å². The van der Waals surface area contributed by atoms with Gasteiger partial charge in [0.15, 0.2) is 0 Å². The van der Waals surface area contributed by atoms with Gasteiger partial charge in [-0.2, -0.15) is 26.3 Å². The summed E-state index contributed by atoms with van der Waals surface area (Å²) >= 11 is 5.63. The SMILES string of the molecule is Fc1ccc2nc(C(F)(F)F)cc(Cl)c2c1.Nc1cc(C(F)(F)F)nc2ccc(F)cc12. The third-order valence-electron chi connectivity index (χ3n) is 4.10. The summed E-state index contributed by atoms with van der Waals surface area (Å²) in [7, 11) is 0. The highest BCUT2D eigenvalue weighted by atomic mass is 35.5. The minimum Gasteiger partial charge on any atom is -0.398 e. The molecule has 0 unspecified atom stereocenters. The van der Waals surface area contributed by atoms with Crippen LogP contribution in [0.25, 0.3) is 21.8 Å². The van der Waals surface area contributed by atoms with Crippen molar-refractivity contribution in [2.75, 3.05) is 5.73 Å². The molecule has 2 aromatic carbocycles. The van der Waals surface area contributed by atoms with Crippen molar-refractivity contribution >= 4 is 39.1 Å². The van der Waals surface area contributed by atoms with Gasteiger partial charge in [0.2, 0.25) is 0 Å². The van der Waals surface area contributed by atoms with E-state index >= 15 is 0 Å². The number of fused-ring (bicyclic) bond motifs is 2. The van der Waals surface area contributed by atoms with Gasteiger partial charge in [0.25, 0.3) is 0 Å². The molecule has 0 fully saturated rings. The smallest absolute Gasteiger partial charge is 0.398 e. The summed E-state index contributed by atoms with van der Waals surface area (Å²) in [5.74, 6) is -1.14. The van der Waals surface area contributed by atoms with E-state index in [-0.39, 0.29) is 32.5 Å². The highest BCUT2D eigenvalue weighted by Gasteiger charge is 2.34. The minimum absolute atomic E-state index is 0.0150. The number of halogens is 9. The molecular weight excluding hydrogens is 470 g/mol. The quantitative estimate of drug-likeness (QED) is 0.276. The summed E-state index contributed by atoms with van der Waals surface area (Å²) in [6, 6.07) is 7.87. The van der Waals surface area contributed by atoms with E-state index < -0.39 is 35.4 Å². The maximum atomic E-state index is 12.8. The molecule has 32 heavy (non-hydrogen) atoms. The van der Waals surface area contributed by atoms with E-state index in [9.17, 15) is 35.1 Å². The van der Waals surface area contributed by atoms with Crippen LogP contribution >= 0.6 is 11.6 Å². The van der Waals surface area contributed by atoms with Gasteiger partial charge < -0.3 is 5.73 Å². The maximum Gasteiger partial charge on any atom is 0.433 e. The standard InChI is InChI=1S/C10H4ClF4N.C10H6F4N2/c11-7-4-9(10(13,14)15)16-8-2-1-5(12)3-6(7)8;11-5-1-2-8-6(3-5)7(15)4-9(16-8)10(12,13)14/h1-4H;1-4H,(H2,15,16). The van der Waals surface area contributed by atoms with Crippen LogP contribution in [0.2, 0.25) is 5.02 Å². The Kier molecular flexibility index (Phi) is 6.14. The molecule has 0 aliphatic heterocycles. The summed E-state index contributed by atoms with van der Waals surface area (Å²) < 4.78 is 100.0. The third kappa shape index (κ3) is 5.16. The van der Waals surface area contributed by atoms with Gasteiger partial charge in [-0.15, -0.1) is 0 Å². The van der Waals surface area contributed by atoms with Crippen LogP contribution < -0.4 is 5.73 Å². The topological polar surface area (TPSA) is 51.8 Å². The second-order valence-electron chi connectivity index (χ2n) is 6.40. The van der Waals surface area contributed by atoms with Crippen molar-refractivity contribution in [1.82, 2.24) is 9.97 Å². The Morgan fingerprint density at radius 3 is 1.59 bits per heavy atom. The molecule has 4 aromatic rings. The molecule has 168 valence electrons. The average molecular weight is 480 g/mol. The molecule has 0 atom stereocenters. The van der Waals surface area contributed by atoms with E-state index in [0.717, 1.165) is 36.4 Å². The lowest BCUT2D eigenvalue weighted by atomic mass is 10.1. The Hall–Kier alpha value is -3.21. The van der Waals surface area contributed by atoms with Crippen molar-refractivity contribution < 1.29 is 35.1 Å². The third-order valence-corrected chi connectivity index (χ3v) is 4.42. The minimum atomic E-state index is -4.56. The molecule has 4 rings (SSSR count). The zero-order valence-corrected chi connectivity index (χ0v) is 16.2. The Balaban J connectivity index is 0.000000181. The van der Waals surface area contributed by atoms with E-state index in [1.54, 1.807) is 0 Å². The fourth-order valence-corrected chi connectivity index (χ4v) is 2.93. The van der Waals surface area contributed by atoms with E-state index in [4.69, 9.17) is 17.3 Å². The molecule has 2 heterocycles. The lowest BCUT2D eigenvalue weighted by molar-refractivity contribution is -0.141. The number of nitrogen functional groups attached to an aromatic ring is 1. The van der Waals surface area contributed by atoms with Crippen LogP contribution in [0.3, 0.4) is 0 Å². The maximum absolute atomic E-state index is 12.8. The zero-order valence-electron chi connectivity index (χ0n) is 15.5. The van der Waals surface area contributed by atoms with Gasteiger partial charge in [0.05, 0.1) is 16.1 Å². The zero-order chi connectivity index (χ0) is 23.8. The van der Waals surface area contributed by atoms with Crippen LogP contribution in [0, 0.1) is 11.6 Å². The van der Waals surface area contributed by atoms with Crippen molar-refractivity contribution in [3.8, 4) is 0 Å². The number of benzene rings is 2. The van der Waals surface area contributed by atoms with Crippen molar-refractivity contribution in [3.63, 3.8) is 0 Å². The molecule has 0 spiro atoms. The molecule has 2 aromatic heterocycles. The molecule has 0 radical (unpaired) electrons. The Bertz CT molecular complexity index is 1200. The first-order valence-corrected chi connectivity index (χ1v) is 8.89. The summed E-state index contributed by atoms with van der Waals surface area (Å²) in [4.78, 5) is 6.75. The lowest BCUT2D eigenvalue weighted by Gasteiger charge is -2.08. The van der Waals surface area contributed by atoms with Crippen LogP contribution in [0.1, 0.15) is 11.4 Å². The number of pyridine rings is 2. The number of aromatic nitrogens is 2.